The third-order valence-electron chi connectivity index (χ3n) is 6.01. The zero-order valence-electron chi connectivity index (χ0n) is 18.2. The summed E-state index contributed by atoms with van der Waals surface area (Å²) in [6.45, 7) is 2.06. The molecule has 174 valence electrons. The van der Waals surface area contributed by atoms with Crippen molar-refractivity contribution >= 4 is 40.0 Å². The van der Waals surface area contributed by atoms with Crippen molar-refractivity contribution in [2.75, 3.05) is 4.90 Å². The number of carboxylic acids is 1. The largest absolute Gasteiger partial charge is 0.477 e. The van der Waals surface area contributed by atoms with Crippen molar-refractivity contribution in [2.24, 2.45) is 0 Å². The monoisotopic (exact) mass is 482 g/mol. The lowest BCUT2D eigenvalue weighted by Gasteiger charge is -2.26. The highest BCUT2D eigenvalue weighted by Gasteiger charge is 2.36. The number of aromatic carboxylic acids is 1. The van der Waals surface area contributed by atoms with Crippen molar-refractivity contribution in [2.45, 2.75) is 36.3 Å². The molecule has 0 spiro atoms. The number of aromatic nitrogens is 1. The van der Waals surface area contributed by atoms with Crippen LogP contribution < -0.4 is 4.90 Å². The molecule has 1 aliphatic rings. The molecule has 1 aromatic heterocycles. The van der Waals surface area contributed by atoms with Crippen LogP contribution in [0.3, 0.4) is 0 Å². The molecule has 0 radical (unpaired) electrons. The second-order valence-electron chi connectivity index (χ2n) is 8.12. The van der Waals surface area contributed by atoms with Gasteiger partial charge in [0.1, 0.15) is 0 Å². The Morgan fingerprint density at radius 2 is 1.76 bits per heavy atom. The van der Waals surface area contributed by atoms with Crippen molar-refractivity contribution in [1.29, 1.82) is 0 Å². The zero-order valence-corrected chi connectivity index (χ0v) is 19.0. The highest BCUT2D eigenvalue weighted by molar-refractivity contribution is 8.00. The molecule has 1 aliphatic heterocycles. The summed E-state index contributed by atoms with van der Waals surface area (Å²) in [6.07, 6.45) is -3.69. The molecule has 8 heteroatoms. The van der Waals surface area contributed by atoms with E-state index < -0.39 is 17.7 Å². The van der Waals surface area contributed by atoms with Crippen molar-refractivity contribution < 1.29 is 23.1 Å². The Morgan fingerprint density at radius 3 is 2.50 bits per heavy atom. The van der Waals surface area contributed by atoms with Crippen LogP contribution in [0.4, 0.5) is 24.5 Å². The molecular formula is C26H21F3N2O2S. The summed E-state index contributed by atoms with van der Waals surface area (Å²) in [7, 11) is 0. The average molecular weight is 483 g/mol. The lowest BCUT2D eigenvalue weighted by atomic mass is 10.1. The zero-order chi connectivity index (χ0) is 24.0. The summed E-state index contributed by atoms with van der Waals surface area (Å²) >= 11 is 1.68. The minimum Gasteiger partial charge on any atom is -0.477 e. The number of benzene rings is 3. The number of fused-ring (bicyclic) bond motifs is 2. The first-order valence-corrected chi connectivity index (χ1v) is 11.7. The topological polar surface area (TPSA) is 45.5 Å². The summed E-state index contributed by atoms with van der Waals surface area (Å²) in [5, 5.41) is 11.1. The van der Waals surface area contributed by atoms with E-state index in [9.17, 15) is 23.1 Å². The van der Waals surface area contributed by atoms with Gasteiger partial charge in [-0.2, -0.15) is 13.2 Å². The lowest BCUT2D eigenvalue weighted by molar-refractivity contribution is -0.137. The van der Waals surface area contributed by atoms with Crippen LogP contribution in [0.15, 0.2) is 77.7 Å². The Labute approximate surface area is 198 Å². The van der Waals surface area contributed by atoms with E-state index in [0.717, 1.165) is 34.5 Å². The van der Waals surface area contributed by atoms with Crippen LogP contribution in [-0.4, -0.2) is 21.0 Å². The van der Waals surface area contributed by atoms with Crippen molar-refractivity contribution in [3.8, 4) is 0 Å². The van der Waals surface area contributed by atoms with Gasteiger partial charge in [-0.1, -0.05) is 61.2 Å². The Morgan fingerprint density at radius 1 is 1.03 bits per heavy atom. The van der Waals surface area contributed by atoms with Gasteiger partial charge in [0.2, 0.25) is 0 Å². The molecule has 0 amide bonds. The number of hydrogen-bond acceptors (Lipinski definition) is 3. The number of carboxylic acid groups (broad SMARTS) is 1. The highest BCUT2D eigenvalue weighted by atomic mass is 32.2. The number of rotatable bonds is 5. The molecule has 0 fully saturated rings. The molecule has 2 heterocycles. The van der Waals surface area contributed by atoms with E-state index in [-0.39, 0.29) is 17.6 Å². The molecule has 1 atom stereocenters. The minimum atomic E-state index is -4.47. The van der Waals surface area contributed by atoms with Crippen molar-refractivity contribution in [3.05, 3.63) is 89.6 Å². The number of carbonyl (C=O) groups is 1. The maximum Gasteiger partial charge on any atom is 0.416 e. The fraction of sp³-hybridized carbons (Fsp3) is 0.192. The van der Waals surface area contributed by atoms with Gasteiger partial charge in [0.15, 0.2) is 5.69 Å². The first-order chi connectivity index (χ1) is 16.3. The summed E-state index contributed by atoms with van der Waals surface area (Å²) in [4.78, 5) is 15.8. The molecule has 0 saturated carbocycles. The van der Waals surface area contributed by atoms with Gasteiger partial charge in [0, 0.05) is 16.8 Å². The predicted octanol–water partition coefficient (Wildman–Crippen LogP) is 7.39. The quantitative estimate of drug-likeness (QED) is 0.322. The molecule has 0 bridgehead atoms. The summed E-state index contributed by atoms with van der Waals surface area (Å²) in [5.74, 6) is -1.12. The molecule has 1 unspecified atom stereocenters. The maximum absolute atomic E-state index is 13.3. The Hall–Kier alpha value is -3.39. The van der Waals surface area contributed by atoms with E-state index in [1.54, 1.807) is 22.4 Å². The third kappa shape index (κ3) is 3.72. The van der Waals surface area contributed by atoms with Gasteiger partial charge < -0.3 is 14.6 Å². The van der Waals surface area contributed by atoms with Crippen molar-refractivity contribution in [1.82, 2.24) is 4.57 Å². The van der Waals surface area contributed by atoms with E-state index in [1.165, 1.54) is 6.07 Å². The number of anilines is 2. The summed E-state index contributed by atoms with van der Waals surface area (Å²) < 4.78 is 41.5. The average Bonchev–Trinajstić information content (AvgIpc) is 3.34. The van der Waals surface area contributed by atoms with Crippen LogP contribution in [-0.2, 0) is 12.7 Å². The van der Waals surface area contributed by atoms with E-state index in [2.05, 4.69) is 11.8 Å². The molecule has 1 N–H and O–H groups in total. The predicted molar refractivity (Wildman–Crippen MR) is 128 cm³/mol. The molecule has 34 heavy (non-hydrogen) atoms. The van der Waals surface area contributed by atoms with Gasteiger partial charge in [-0.15, -0.1) is 0 Å². The Balaban J connectivity index is 1.73. The van der Waals surface area contributed by atoms with Gasteiger partial charge in [-0.25, -0.2) is 4.79 Å². The van der Waals surface area contributed by atoms with E-state index >= 15 is 0 Å². The van der Waals surface area contributed by atoms with Gasteiger partial charge in [0.25, 0.3) is 0 Å². The first-order valence-electron chi connectivity index (χ1n) is 10.8. The number of alkyl halides is 3. The van der Waals surface area contributed by atoms with Gasteiger partial charge in [0.05, 0.1) is 27.8 Å². The number of nitrogens with zero attached hydrogens (tertiary/aromatic N) is 2. The SMILES string of the molecule is CCC1Sc2ccccc2N1c1c(C(=O)O)n(Cc2cccc(C(F)(F)F)c2)c2ccccc12. The lowest BCUT2D eigenvalue weighted by Crippen LogP contribution is -2.25. The van der Waals surface area contributed by atoms with Gasteiger partial charge >= 0.3 is 12.1 Å². The first kappa shape index (κ1) is 22.4. The van der Waals surface area contributed by atoms with Crippen LogP contribution in [0.2, 0.25) is 0 Å². The van der Waals surface area contributed by atoms with E-state index in [4.69, 9.17) is 0 Å². The second-order valence-corrected chi connectivity index (χ2v) is 9.34. The number of para-hydroxylation sites is 2. The molecule has 4 aromatic rings. The Kier molecular flexibility index (Phi) is 5.56. The molecule has 3 aromatic carbocycles. The number of halogens is 3. The van der Waals surface area contributed by atoms with Gasteiger partial charge in [-0.05, 0) is 42.3 Å². The smallest absolute Gasteiger partial charge is 0.416 e. The fourth-order valence-electron chi connectivity index (χ4n) is 4.58. The summed E-state index contributed by atoms with van der Waals surface area (Å²) in [6, 6.07) is 20.3. The fourth-order valence-corrected chi connectivity index (χ4v) is 5.81. The minimum absolute atomic E-state index is 0.00307. The normalized spacial score (nSPS) is 15.6. The van der Waals surface area contributed by atoms with E-state index in [1.807, 2.05) is 48.5 Å². The molecular weight excluding hydrogens is 461 g/mol. The molecule has 5 rings (SSSR count). The Bertz CT molecular complexity index is 1400. The third-order valence-corrected chi connectivity index (χ3v) is 7.42. The van der Waals surface area contributed by atoms with Gasteiger partial charge in [-0.3, -0.25) is 0 Å². The van der Waals surface area contributed by atoms with Crippen LogP contribution in [0, 0.1) is 0 Å². The van der Waals surface area contributed by atoms with Crippen LogP contribution in [0.5, 0.6) is 0 Å². The highest BCUT2D eigenvalue weighted by Crippen LogP contribution is 2.51. The van der Waals surface area contributed by atoms with Crippen molar-refractivity contribution in [3.63, 3.8) is 0 Å². The second kappa shape index (κ2) is 8.43. The van der Waals surface area contributed by atoms with Crippen LogP contribution in [0.25, 0.3) is 10.9 Å². The molecule has 4 nitrogen and oxygen atoms in total. The number of hydrogen-bond donors (Lipinski definition) is 1. The van der Waals surface area contributed by atoms with Crippen LogP contribution >= 0.6 is 11.8 Å². The maximum atomic E-state index is 13.3. The standard InChI is InChI=1S/C26H21F3N2O2S/c1-2-22-31(20-12-5-6-13-21(20)34-22)23-18-10-3-4-11-19(18)30(24(23)25(32)33)15-16-8-7-9-17(14-16)26(27,28)29/h3-14,22H,2,15H2,1H3,(H,32,33). The van der Waals surface area contributed by atoms with E-state index in [0.29, 0.717) is 16.8 Å². The molecule has 0 aliphatic carbocycles. The molecule has 0 saturated heterocycles. The van der Waals surface area contributed by atoms with Crippen LogP contribution in [0.1, 0.15) is 35.0 Å². The summed E-state index contributed by atoms with van der Waals surface area (Å²) in [5.41, 5.74) is 1.86. The number of thioether (sulfide) groups is 1.